The first kappa shape index (κ1) is 15.7. The predicted molar refractivity (Wildman–Crippen MR) is 95.1 cm³/mol. The second kappa shape index (κ2) is 5.37. The molecular formula is C21H33NO. The molecule has 0 aromatic rings. The van der Waals surface area contributed by atoms with E-state index in [2.05, 4.69) is 31.8 Å². The van der Waals surface area contributed by atoms with E-state index in [0.29, 0.717) is 17.1 Å². The highest BCUT2D eigenvalue weighted by Gasteiger charge is 2.55. The van der Waals surface area contributed by atoms with Gasteiger partial charge >= 0.3 is 0 Å². The number of hydrogen-bond donors (Lipinski definition) is 1. The SMILES string of the molecule is C=C1CC[C@H]2[C@@H]3CC=C4CC(OC)CCC4(C)[C@H]3CC[C@]2(C)N1. The molecule has 3 fully saturated rings. The highest BCUT2D eigenvalue weighted by atomic mass is 16.5. The lowest BCUT2D eigenvalue weighted by Crippen LogP contribution is -2.60. The number of hydrogen-bond acceptors (Lipinski definition) is 2. The maximum atomic E-state index is 5.67. The van der Waals surface area contributed by atoms with Crippen LogP contribution in [0.4, 0.5) is 0 Å². The van der Waals surface area contributed by atoms with Gasteiger partial charge in [0.25, 0.3) is 0 Å². The van der Waals surface area contributed by atoms with Crippen molar-refractivity contribution in [2.24, 2.45) is 23.2 Å². The number of ether oxygens (including phenoxy) is 1. The van der Waals surface area contributed by atoms with Crippen molar-refractivity contribution in [1.29, 1.82) is 0 Å². The molecule has 128 valence electrons. The molecule has 2 saturated carbocycles. The minimum absolute atomic E-state index is 0.294. The first-order valence-electron chi connectivity index (χ1n) is 9.64. The molecule has 0 amide bonds. The number of allylic oxidation sites excluding steroid dienone is 2. The van der Waals surface area contributed by atoms with E-state index in [4.69, 9.17) is 4.74 Å². The molecule has 0 aromatic heterocycles. The van der Waals surface area contributed by atoms with Gasteiger partial charge in [0.05, 0.1) is 6.10 Å². The molecule has 2 nitrogen and oxygen atoms in total. The summed E-state index contributed by atoms with van der Waals surface area (Å²) in [4.78, 5) is 0. The van der Waals surface area contributed by atoms with Crippen molar-refractivity contribution in [3.8, 4) is 0 Å². The summed E-state index contributed by atoms with van der Waals surface area (Å²) in [6.45, 7) is 9.24. The Kier molecular flexibility index (Phi) is 3.68. The van der Waals surface area contributed by atoms with Gasteiger partial charge < -0.3 is 10.1 Å². The molecule has 2 unspecified atom stereocenters. The molecule has 3 aliphatic carbocycles. The molecule has 0 spiro atoms. The number of piperidine rings is 1. The third-order valence-corrected chi connectivity index (χ3v) is 8.00. The van der Waals surface area contributed by atoms with E-state index in [1.54, 1.807) is 5.57 Å². The summed E-state index contributed by atoms with van der Waals surface area (Å²) < 4.78 is 5.67. The van der Waals surface area contributed by atoms with Crippen molar-refractivity contribution in [1.82, 2.24) is 5.32 Å². The first-order valence-corrected chi connectivity index (χ1v) is 9.64. The standard InChI is InChI=1S/C21H33NO/c1-14-5-8-19-17-7-6-15-13-16(23-4)9-11-20(15,2)18(17)10-12-21(19,3)22-14/h6,16-19,22H,1,5,7-13H2,2-4H3/t16?,17-,18+,19+,20?,21+/m1/s1. The Bertz CT molecular complexity index is 538. The zero-order valence-corrected chi connectivity index (χ0v) is 15.2. The molecular weight excluding hydrogens is 282 g/mol. The van der Waals surface area contributed by atoms with Gasteiger partial charge in [0.2, 0.25) is 0 Å². The van der Waals surface area contributed by atoms with Crippen molar-refractivity contribution in [2.75, 3.05) is 7.11 Å². The van der Waals surface area contributed by atoms with Crippen molar-refractivity contribution in [3.63, 3.8) is 0 Å². The molecule has 4 aliphatic rings. The Morgan fingerprint density at radius 3 is 2.78 bits per heavy atom. The molecule has 6 atom stereocenters. The Morgan fingerprint density at radius 1 is 1.17 bits per heavy atom. The third kappa shape index (κ3) is 2.32. The largest absolute Gasteiger partial charge is 0.383 e. The summed E-state index contributed by atoms with van der Waals surface area (Å²) in [6, 6.07) is 0. The van der Waals surface area contributed by atoms with E-state index in [0.717, 1.165) is 17.8 Å². The Balaban J connectivity index is 1.63. The van der Waals surface area contributed by atoms with Gasteiger partial charge in [0.1, 0.15) is 0 Å². The zero-order valence-electron chi connectivity index (χ0n) is 15.2. The fraction of sp³-hybridized carbons (Fsp3) is 0.810. The monoisotopic (exact) mass is 315 g/mol. The molecule has 4 rings (SSSR count). The Morgan fingerprint density at radius 2 is 2.00 bits per heavy atom. The highest BCUT2D eigenvalue weighted by molar-refractivity contribution is 5.26. The van der Waals surface area contributed by atoms with Crippen molar-refractivity contribution in [3.05, 3.63) is 23.9 Å². The van der Waals surface area contributed by atoms with E-state index in [1.807, 2.05) is 7.11 Å². The van der Waals surface area contributed by atoms with Crippen LogP contribution in [0.3, 0.4) is 0 Å². The first-order chi connectivity index (χ1) is 11.0. The fourth-order valence-electron chi connectivity index (χ4n) is 6.63. The maximum Gasteiger partial charge on any atom is 0.0608 e. The van der Waals surface area contributed by atoms with E-state index >= 15 is 0 Å². The molecule has 0 aromatic carbocycles. The van der Waals surface area contributed by atoms with E-state index < -0.39 is 0 Å². The smallest absolute Gasteiger partial charge is 0.0608 e. The summed E-state index contributed by atoms with van der Waals surface area (Å²) in [5.74, 6) is 2.57. The molecule has 23 heavy (non-hydrogen) atoms. The zero-order chi connectivity index (χ0) is 16.2. The molecule has 0 bridgehead atoms. The minimum atomic E-state index is 0.294. The van der Waals surface area contributed by atoms with Crippen LogP contribution < -0.4 is 5.32 Å². The van der Waals surface area contributed by atoms with Gasteiger partial charge in [-0.3, -0.25) is 0 Å². The molecule has 1 saturated heterocycles. The number of methoxy groups -OCH3 is 1. The molecule has 1 N–H and O–H groups in total. The van der Waals surface area contributed by atoms with Crippen LogP contribution in [-0.4, -0.2) is 18.8 Å². The van der Waals surface area contributed by atoms with Crippen molar-refractivity contribution in [2.45, 2.75) is 76.9 Å². The fourth-order valence-corrected chi connectivity index (χ4v) is 6.63. The maximum absolute atomic E-state index is 5.67. The second-order valence-corrected chi connectivity index (χ2v) is 9.08. The lowest BCUT2D eigenvalue weighted by Gasteiger charge is -2.60. The molecule has 1 heterocycles. The lowest BCUT2D eigenvalue weighted by molar-refractivity contribution is -0.0415. The van der Waals surface area contributed by atoms with Crippen molar-refractivity contribution >= 4 is 0 Å². The third-order valence-electron chi connectivity index (χ3n) is 8.00. The van der Waals surface area contributed by atoms with Gasteiger partial charge in [-0.15, -0.1) is 0 Å². The minimum Gasteiger partial charge on any atom is -0.383 e. The summed E-state index contributed by atoms with van der Waals surface area (Å²) >= 11 is 0. The van der Waals surface area contributed by atoms with Crippen LogP contribution >= 0.6 is 0 Å². The molecule has 2 heteroatoms. The van der Waals surface area contributed by atoms with Gasteiger partial charge in [-0.25, -0.2) is 0 Å². The topological polar surface area (TPSA) is 21.3 Å². The van der Waals surface area contributed by atoms with Gasteiger partial charge in [-0.2, -0.15) is 0 Å². The lowest BCUT2D eigenvalue weighted by atomic mass is 9.48. The van der Waals surface area contributed by atoms with Crippen LogP contribution in [0, 0.1) is 23.2 Å². The normalized spacial score (nSPS) is 49.3. The predicted octanol–water partition coefficient (Wildman–Crippen LogP) is 4.82. The Labute approximate surface area is 141 Å². The van der Waals surface area contributed by atoms with Crippen LogP contribution in [0.15, 0.2) is 23.9 Å². The van der Waals surface area contributed by atoms with Crippen LogP contribution in [0.1, 0.15) is 65.2 Å². The number of rotatable bonds is 1. The number of nitrogens with one attached hydrogen (secondary N) is 1. The average Bonchev–Trinajstić information content (AvgIpc) is 2.52. The van der Waals surface area contributed by atoms with Gasteiger partial charge in [-0.05, 0) is 81.5 Å². The summed E-state index contributed by atoms with van der Waals surface area (Å²) in [5, 5.41) is 3.79. The van der Waals surface area contributed by atoms with Crippen molar-refractivity contribution < 1.29 is 4.74 Å². The second-order valence-electron chi connectivity index (χ2n) is 9.08. The highest BCUT2D eigenvalue weighted by Crippen LogP contribution is 2.60. The average molecular weight is 316 g/mol. The number of fused-ring (bicyclic) bond motifs is 5. The van der Waals surface area contributed by atoms with E-state index in [9.17, 15) is 0 Å². The van der Waals surface area contributed by atoms with Gasteiger partial charge in [-0.1, -0.05) is 25.2 Å². The molecule has 0 radical (unpaired) electrons. The summed E-state index contributed by atoms with van der Waals surface area (Å²) in [7, 11) is 1.88. The molecule has 1 aliphatic heterocycles. The van der Waals surface area contributed by atoms with E-state index in [-0.39, 0.29) is 0 Å². The summed E-state index contributed by atoms with van der Waals surface area (Å²) in [5.41, 5.74) is 3.71. The van der Waals surface area contributed by atoms with E-state index in [1.165, 1.54) is 57.1 Å². The van der Waals surface area contributed by atoms with Gasteiger partial charge in [0, 0.05) is 18.3 Å². The quantitative estimate of drug-likeness (QED) is 0.700. The summed E-state index contributed by atoms with van der Waals surface area (Å²) in [6.07, 6.45) is 13.3. The van der Waals surface area contributed by atoms with Crippen LogP contribution in [0.2, 0.25) is 0 Å². The Hall–Kier alpha value is -0.760. The van der Waals surface area contributed by atoms with Gasteiger partial charge in [0.15, 0.2) is 0 Å². The van der Waals surface area contributed by atoms with Crippen LogP contribution in [-0.2, 0) is 4.74 Å². The van der Waals surface area contributed by atoms with Crippen LogP contribution in [0.25, 0.3) is 0 Å². The van der Waals surface area contributed by atoms with Crippen LogP contribution in [0.5, 0.6) is 0 Å².